The molecule has 2 rings (SSSR count). The van der Waals surface area contributed by atoms with Gasteiger partial charge in [-0.05, 0) is 34.1 Å². The lowest BCUT2D eigenvalue weighted by Gasteiger charge is -2.27. The molecule has 19 heavy (non-hydrogen) atoms. The van der Waals surface area contributed by atoms with E-state index in [-0.39, 0.29) is 15.8 Å². The number of hydrogen-bond donors (Lipinski definition) is 1. The number of carboxylic acids is 1. The van der Waals surface area contributed by atoms with Gasteiger partial charge in [-0.1, -0.05) is 0 Å². The molecule has 8 heteroatoms. The topological polar surface area (TPSA) is 46.5 Å². The molecule has 0 saturated carbocycles. The number of hydrogen-bond acceptors (Lipinski definition) is 2. The van der Waals surface area contributed by atoms with Crippen LogP contribution in [-0.4, -0.2) is 23.4 Å². The van der Waals surface area contributed by atoms with Crippen LogP contribution in [0.4, 0.5) is 17.6 Å². The van der Waals surface area contributed by atoms with E-state index in [2.05, 4.69) is 20.7 Å². The van der Waals surface area contributed by atoms with Crippen molar-refractivity contribution in [3.63, 3.8) is 0 Å². The largest absolute Gasteiger partial charge is 0.478 e. The van der Waals surface area contributed by atoms with E-state index in [9.17, 15) is 22.4 Å². The molecule has 0 unspecified atom stereocenters. The zero-order valence-corrected chi connectivity index (χ0v) is 10.5. The third-order valence-electron chi connectivity index (χ3n) is 2.41. The maximum Gasteiger partial charge on any atom is 0.430 e. The number of halogens is 5. The predicted octanol–water partition coefficient (Wildman–Crippen LogP) is 3.38. The van der Waals surface area contributed by atoms with Crippen LogP contribution in [-0.2, 0) is 4.79 Å². The molecular formula is C11H5BrF4O3. The maximum atomic E-state index is 13.1. The van der Waals surface area contributed by atoms with Gasteiger partial charge in [0.1, 0.15) is 11.6 Å². The van der Waals surface area contributed by atoms with E-state index in [1.165, 1.54) is 0 Å². The molecule has 1 atom stereocenters. The second-order valence-electron chi connectivity index (χ2n) is 3.75. The zero-order chi connectivity index (χ0) is 14.4. The number of alkyl halides is 3. The van der Waals surface area contributed by atoms with Crippen molar-refractivity contribution < 1.29 is 32.2 Å². The van der Waals surface area contributed by atoms with Gasteiger partial charge in [-0.25, -0.2) is 9.18 Å². The van der Waals surface area contributed by atoms with Gasteiger partial charge >= 0.3 is 12.1 Å². The van der Waals surface area contributed by atoms with E-state index in [4.69, 9.17) is 5.11 Å². The summed E-state index contributed by atoms with van der Waals surface area (Å²) in [4.78, 5) is 10.8. The first kappa shape index (κ1) is 13.9. The van der Waals surface area contributed by atoms with Crippen LogP contribution in [0.1, 0.15) is 5.56 Å². The zero-order valence-electron chi connectivity index (χ0n) is 8.96. The van der Waals surface area contributed by atoms with Gasteiger partial charge in [-0.2, -0.15) is 13.2 Å². The molecule has 1 heterocycles. The highest BCUT2D eigenvalue weighted by atomic mass is 79.9. The van der Waals surface area contributed by atoms with Crippen molar-refractivity contribution in [1.82, 2.24) is 0 Å². The fourth-order valence-corrected chi connectivity index (χ4v) is 2.19. The minimum atomic E-state index is -4.88. The second-order valence-corrected chi connectivity index (χ2v) is 4.60. The smallest absolute Gasteiger partial charge is 0.430 e. The quantitative estimate of drug-likeness (QED) is 0.797. The average molecular weight is 341 g/mol. The van der Waals surface area contributed by atoms with Gasteiger partial charge < -0.3 is 9.84 Å². The van der Waals surface area contributed by atoms with Crippen LogP contribution in [0, 0.1) is 5.82 Å². The predicted molar refractivity (Wildman–Crippen MR) is 60.2 cm³/mol. The third kappa shape index (κ3) is 2.58. The monoisotopic (exact) mass is 340 g/mol. The number of rotatable bonds is 1. The SMILES string of the molecule is O=C(O)C1=Cc2cc(F)cc(Br)c2O[C@@H]1C(F)(F)F. The summed E-state index contributed by atoms with van der Waals surface area (Å²) in [6, 6.07) is 1.83. The lowest BCUT2D eigenvalue weighted by Crippen LogP contribution is -2.40. The lowest BCUT2D eigenvalue weighted by molar-refractivity contribution is -0.187. The van der Waals surface area contributed by atoms with Crippen LogP contribution < -0.4 is 4.74 Å². The molecule has 102 valence electrons. The Morgan fingerprint density at radius 2 is 2.00 bits per heavy atom. The lowest BCUT2D eigenvalue weighted by atomic mass is 10.0. The summed E-state index contributed by atoms with van der Waals surface area (Å²) in [6.07, 6.45) is -6.71. The van der Waals surface area contributed by atoms with Crippen LogP contribution in [0.15, 0.2) is 22.2 Å². The molecule has 0 aromatic heterocycles. The Hall–Kier alpha value is -1.57. The Morgan fingerprint density at radius 3 is 2.53 bits per heavy atom. The van der Waals surface area contributed by atoms with E-state index >= 15 is 0 Å². The highest BCUT2D eigenvalue weighted by Gasteiger charge is 2.48. The Kier molecular flexibility index (Phi) is 3.29. The summed E-state index contributed by atoms with van der Waals surface area (Å²) < 4.78 is 56.0. The number of ether oxygens (including phenoxy) is 1. The molecule has 0 fully saturated rings. The fourth-order valence-electron chi connectivity index (χ4n) is 1.65. The molecule has 3 nitrogen and oxygen atoms in total. The Bertz CT molecular complexity index is 580. The van der Waals surface area contributed by atoms with Crippen LogP contribution >= 0.6 is 15.9 Å². The molecule has 0 saturated heterocycles. The molecular weight excluding hydrogens is 336 g/mol. The molecule has 0 aliphatic carbocycles. The Morgan fingerprint density at radius 1 is 1.37 bits per heavy atom. The molecule has 1 aliphatic heterocycles. The summed E-state index contributed by atoms with van der Waals surface area (Å²) in [5, 5.41) is 8.78. The van der Waals surface area contributed by atoms with E-state index in [0.717, 1.165) is 18.2 Å². The normalized spacial score (nSPS) is 18.4. The van der Waals surface area contributed by atoms with Gasteiger partial charge in [0, 0.05) is 5.56 Å². The van der Waals surface area contributed by atoms with Crippen LogP contribution in [0.5, 0.6) is 5.75 Å². The molecule has 0 spiro atoms. The Labute approximate surface area is 112 Å². The first-order chi connectivity index (χ1) is 8.70. The van der Waals surface area contributed by atoms with Gasteiger partial charge in [-0.3, -0.25) is 0 Å². The molecule has 1 aromatic carbocycles. The van der Waals surface area contributed by atoms with Gasteiger partial charge in [-0.15, -0.1) is 0 Å². The second kappa shape index (κ2) is 4.52. The van der Waals surface area contributed by atoms with Crippen molar-refractivity contribution in [3.05, 3.63) is 33.6 Å². The van der Waals surface area contributed by atoms with Crippen molar-refractivity contribution in [3.8, 4) is 5.75 Å². The number of aliphatic carboxylic acids is 1. The van der Waals surface area contributed by atoms with E-state index in [0.29, 0.717) is 0 Å². The highest BCUT2D eigenvalue weighted by molar-refractivity contribution is 9.10. The molecule has 0 amide bonds. The van der Waals surface area contributed by atoms with E-state index in [1.807, 2.05) is 0 Å². The summed E-state index contributed by atoms with van der Waals surface area (Å²) >= 11 is 2.87. The van der Waals surface area contributed by atoms with Gasteiger partial charge in [0.15, 0.2) is 0 Å². The van der Waals surface area contributed by atoms with Crippen molar-refractivity contribution in [1.29, 1.82) is 0 Å². The average Bonchev–Trinajstić information content (AvgIpc) is 2.25. The van der Waals surface area contributed by atoms with Crippen molar-refractivity contribution in [2.75, 3.05) is 0 Å². The van der Waals surface area contributed by atoms with Gasteiger partial charge in [0.05, 0.1) is 10.0 Å². The van der Waals surface area contributed by atoms with Crippen molar-refractivity contribution in [2.24, 2.45) is 0 Å². The maximum absolute atomic E-state index is 13.1. The van der Waals surface area contributed by atoms with Gasteiger partial charge in [0.25, 0.3) is 0 Å². The molecule has 0 radical (unpaired) electrons. The Balaban J connectivity index is 2.61. The minimum absolute atomic E-state index is 0.0163. The summed E-state index contributed by atoms with van der Waals surface area (Å²) in [7, 11) is 0. The minimum Gasteiger partial charge on any atom is -0.478 e. The summed E-state index contributed by atoms with van der Waals surface area (Å²) in [6.45, 7) is 0. The third-order valence-corrected chi connectivity index (χ3v) is 3.00. The van der Waals surface area contributed by atoms with Crippen molar-refractivity contribution in [2.45, 2.75) is 12.3 Å². The number of fused-ring (bicyclic) bond motifs is 1. The molecule has 1 aromatic rings. The summed E-state index contributed by atoms with van der Waals surface area (Å²) in [5.41, 5.74) is -1.05. The molecule has 0 bridgehead atoms. The van der Waals surface area contributed by atoms with Crippen LogP contribution in [0.25, 0.3) is 6.08 Å². The first-order valence-corrected chi connectivity index (χ1v) is 5.66. The van der Waals surface area contributed by atoms with Gasteiger partial charge in [0.2, 0.25) is 6.10 Å². The number of carbonyl (C=O) groups is 1. The number of carboxylic acid groups (broad SMARTS) is 1. The van der Waals surface area contributed by atoms with Crippen LogP contribution in [0.3, 0.4) is 0 Å². The highest BCUT2D eigenvalue weighted by Crippen LogP contribution is 2.41. The van der Waals surface area contributed by atoms with E-state index < -0.39 is 29.6 Å². The molecule has 1 N–H and O–H groups in total. The number of benzene rings is 1. The standard InChI is InChI=1S/C11H5BrF4O3/c12-7-3-5(13)1-4-2-6(10(17)18)9(11(14,15)16)19-8(4)7/h1-3,9H,(H,17,18)/t9-/m0/s1. The van der Waals surface area contributed by atoms with Crippen molar-refractivity contribution >= 4 is 28.0 Å². The molecule has 1 aliphatic rings. The van der Waals surface area contributed by atoms with Crippen LogP contribution in [0.2, 0.25) is 0 Å². The summed E-state index contributed by atoms with van der Waals surface area (Å²) in [5.74, 6) is -2.73. The first-order valence-electron chi connectivity index (χ1n) is 4.87. The van der Waals surface area contributed by atoms with E-state index in [1.54, 1.807) is 0 Å². The fraction of sp³-hybridized carbons (Fsp3) is 0.182.